The molecule has 0 saturated heterocycles. The molecule has 0 fully saturated rings. The second kappa shape index (κ2) is 3.13. The Morgan fingerprint density at radius 2 is 1.85 bits per heavy atom. The molecule has 1 rings (SSSR count). The molecule has 1 radical (unpaired) electrons. The Labute approximate surface area is 80.5 Å². The molecule has 0 bridgehead atoms. The normalized spacial score (nSPS) is 30.5. The van der Waals surface area contributed by atoms with Gasteiger partial charge in [-0.3, -0.25) is 4.79 Å². The van der Waals surface area contributed by atoms with Gasteiger partial charge in [0.2, 0.25) is 0 Å². The van der Waals surface area contributed by atoms with E-state index in [0.29, 0.717) is 6.42 Å². The first-order valence-electron chi connectivity index (χ1n) is 4.70. The molecule has 1 heteroatoms. The Bertz CT molecular complexity index is 271. The first kappa shape index (κ1) is 10.2. The summed E-state index contributed by atoms with van der Waals surface area (Å²) < 4.78 is 0. The van der Waals surface area contributed by atoms with Crippen molar-refractivity contribution < 1.29 is 4.79 Å². The highest BCUT2D eigenvalue weighted by Gasteiger charge is 2.43. The molecule has 0 heterocycles. The molecule has 0 saturated carbocycles. The third-order valence-electron chi connectivity index (χ3n) is 2.97. The lowest BCUT2D eigenvalue weighted by molar-refractivity contribution is -0.127. The predicted molar refractivity (Wildman–Crippen MR) is 55.1 cm³/mol. The van der Waals surface area contributed by atoms with E-state index in [1.54, 1.807) is 0 Å². The Morgan fingerprint density at radius 1 is 1.31 bits per heavy atom. The number of Topliss-reactive ketones (excluding diaryl/α,β-unsaturated/α-hetero) is 1. The van der Waals surface area contributed by atoms with E-state index in [0.717, 1.165) is 0 Å². The maximum Gasteiger partial charge on any atom is 0.143 e. The Kier molecular flexibility index (Phi) is 2.47. The van der Waals surface area contributed by atoms with Crippen LogP contribution in [0, 0.1) is 17.8 Å². The fraction of sp³-hybridized carbons (Fsp3) is 0.500. The van der Waals surface area contributed by atoms with Gasteiger partial charge in [-0.1, -0.05) is 45.1 Å². The summed E-state index contributed by atoms with van der Waals surface area (Å²) in [6.07, 6.45) is 8.40. The molecule has 0 amide bonds. The van der Waals surface area contributed by atoms with Crippen LogP contribution in [0.15, 0.2) is 24.3 Å². The minimum absolute atomic E-state index is 0.172. The molecule has 0 aromatic heterocycles. The minimum Gasteiger partial charge on any atom is -0.299 e. The van der Waals surface area contributed by atoms with Gasteiger partial charge in [0.15, 0.2) is 0 Å². The molecule has 0 aromatic carbocycles. The van der Waals surface area contributed by atoms with E-state index in [2.05, 4.69) is 6.92 Å². The van der Waals surface area contributed by atoms with Crippen LogP contribution < -0.4 is 0 Å². The molecule has 71 valence electrons. The standard InChI is InChI=1S/C12H17O/c1-5-10(13)12(4)9-7-6-8-11(12,2)3/h6-9H,4-5H2,1-3H3. The van der Waals surface area contributed by atoms with Crippen LogP contribution in [0.3, 0.4) is 0 Å². The summed E-state index contributed by atoms with van der Waals surface area (Å²) in [5.74, 6) is 0.207. The first-order chi connectivity index (χ1) is 5.94. The molecular formula is C12H17O. The molecule has 13 heavy (non-hydrogen) atoms. The monoisotopic (exact) mass is 177 g/mol. The Balaban J connectivity index is 3.08. The number of hydrogen-bond donors (Lipinski definition) is 0. The number of carbonyl (C=O) groups is 1. The van der Waals surface area contributed by atoms with Crippen LogP contribution in [-0.2, 0) is 4.79 Å². The van der Waals surface area contributed by atoms with Crippen LogP contribution in [0.4, 0.5) is 0 Å². The van der Waals surface area contributed by atoms with Crippen LogP contribution in [0.1, 0.15) is 27.2 Å². The molecule has 0 aromatic rings. The number of rotatable bonds is 2. The van der Waals surface area contributed by atoms with E-state index in [-0.39, 0.29) is 11.2 Å². The van der Waals surface area contributed by atoms with Crippen molar-refractivity contribution in [3.8, 4) is 0 Å². The van der Waals surface area contributed by atoms with Crippen molar-refractivity contribution >= 4 is 5.78 Å². The summed E-state index contributed by atoms with van der Waals surface area (Å²) in [7, 11) is 0. The second-order valence-corrected chi connectivity index (χ2v) is 4.19. The molecule has 1 atom stereocenters. The SMILES string of the molecule is [CH2]C1(C(=O)CC)C=CC=CC1(C)C. The maximum absolute atomic E-state index is 11.8. The molecule has 1 aliphatic carbocycles. The van der Waals surface area contributed by atoms with Crippen molar-refractivity contribution in [1.82, 2.24) is 0 Å². The lowest BCUT2D eigenvalue weighted by Crippen LogP contribution is -2.40. The molecular weight excluding hydrogens is 160 g/mol. The summed E-state index contributed by atoms with van der Waals surface area (Å²) in [5.41, 5.74) is -0.745. The van der Waals surface area contributed by atoms with E-state index < -0.39 is 5.41 Å². The largest absolute Gasteiger partial charge is 0.299 e. The van der Waals surface area contributed by atoms with Crippen LogP contribution in [0.2, 0.25) is 0 Å². The van der Waals surface area contributed by atoms with E-state index >= 15 is 0 Å². The quantitative estimate of drug-likeness (QED) is 0.633. The minimum atomic E-state index is -0.573. The third-order valence-corrected chi connectivity index (χ3v) is 2.97. The van der Waals surface area contributed by atoms with Crippen LogP contribution in [0.5, 0.6) is 0 Å². The van der Waals surface area contributed by atoms with Gasteiger partial charge in [-0.05, 0) is 12.3 Å². The van der Waals surface area contributed by atoms with Gasteiger partial charge in [-0.25, -0.2) is 0 Å². The predicted octanol–water partition coefficient (Wildman–Crippen LogP) is 2.94. The second-order valence-electron chi connectivity index (χ2n) is 4.19. The van der Waals surface area contributed by atoms with Gasteiger partial charge in [0, 0.05) is 6.42 Å². The highest BCUT2D eigenvalue weighted by molar-refractivity contribution is 5.88. The lowest BCUT2D eigenvalue weighted by Gasteiger charge is -2.40. The van der Waals surface area contributed by atoms with Crippen LogP contribution in [-0.4, -0.2) is 5.78 Å². The van der Waals surface area contributed by atoms with Crippen molar-refractivity contribution in [2.75, 3.05) is 0 Å². The zero-order chi connectivity index (χ0) is 10.1. The zero-order valence-corrected chi connectivity index (χ0v) is 8.63. The van der Waals surface area contributed by atoms with Gasteiger partial charge in [-0.2, -0.15) is 0 Å². The summed E-state index contributed by atoms with van der Waals surface area (Å²) >= 11 is 0. The van der Waals surface area contributed by atoms with E-state index in [9.17, 15) is 4.79 Å². The fourth-order valence-corrected chi connectivity index (χ4v) is 1.65. The van der Waals surface area contributed by atoms with Gasteiger partial charge >= 0.3 is 0 Å². The van der Waals surface area contributed by atoms with Crippen LogP contribution >= 0.6 is 0 Å². The maximum atomic E-state index is 11.8. The van der Waals surface area contributed by atoms with Gasteiger partial charge in [0.05, 0.1) is 5.41 Å². The smallest absolute Gasteiger partial charge is 0.143 e. The number of allylic oxidation sites excluding steroid dienone is 4. The van der Waals surface area contributed by atoms with Crippen molar-refractivity contribution in [3.05, 3.63) is 31.2 Å². The summed E-state index contributed by atoms with van der Waals surface area (Å²) in [6, 6.07) is 0. The van der Waals surface area contributed by atoms with E-state index in [1.807, 2.05) is 45.1 Å². The molecule has 0 N–H and O–H groups in total. The highest BCUT2D eigenvalue weighted by atomic mass is 16.1. The highest BCUT2D eigenvalue weighted by Crippen LogP contribution is 2.44. The van der Waals surface area contributed by atoms with Gasteiger partial charge in [0.25, 0.3) is 0 Å². The van der Waals surface area contributed by atoms with Crippen molar-refractivity contribution in [1.29, 1.82) is 0 Å². The van der Waals surface area contributed by atoms with Crippen molar-refractivity contribution in [2.24, 2.45) is 10.8 Å². The number of ketones is 1. The fourth-order valence-electron chi connectivity index (χ4n) is 1.65. The Morgan fingerprint density at radius 3 is 2.31 bits per heavy atom. The number of carbonyl (C=O) groups excluding carboxylic acids is 1. The molecule has 1 nitrogen and oxygen atoms in total. The topological polar surface area (TPSA) is 17.1 Å². The molecule has 1 unspecified atom stereocenters. The molecule has 1 aliphatic rings. The summed E-state index contributed by atoms with van der Waals surface area (Å²) in [5, 5.41) is 0. The zero-order valence-electron chi connectivity index (χ0n) is 8.63. The summed E-state index contributed by atoms with van der Waals surface area (Å²) in [4.78, 5) is 11.8. The first-order valence-corrected chi connectivity index (χ1v) is 4.70. The van der Waals surface area contributed by atoms with E-state index in [4.69, 9.17) is 0 Å². The molecule has 0 spiro atoms. The lowest BCUT2D eigenvalue weighted by atomic mass is 9.62. The molecule has 0 aliphatic heterocycles. The average Bonchev–Trinajstić information content (AvgIpc) is 2.08. The van der Waals surface area contributed by atoms with Crippen molar-refractivity contribution in [2.45, 2.75) is 27.2 Å². The van der Waals surface area contributed by atoms with Gasteiger partial charge in [0.1, 0.15) is 5.78 Å². The van der Waals surface area contributed by atoms with Crippen molar-refractivity contribution in [3.63, 3.8) is 0 Å². The van der Waals surface area contributed by atoms with E-state index in [1.165, 1.54) is 0 Å². The Hall–Kier alpha value is -0.850. The number of hydrogen-bond acceptors (Lipinski definition) is 1. The van der Waals surface area contributed by atoms with Gasteiger partial charge in [-0.15, -0.1) is 0 Å². The average molecular weight is 177 g/mol. The third kappa shape index (κ3) is 1.48. The summed E-state index contributed by atoms with van der Waals surface area (Å²) in [6.45, 7) is 10.0. The van der Waals surface area contributed by atoms with Gasteiger partial charge < -0.3 is 0 Å². The van der Waals surface area contributed by atoms with Crippen LogP contribution in [0.25, 0.3) is 0 Å².